The van der Waals surface area contributed by atoms with Crippen molar-refractivity contribution in [2.24, 2.45) is 0 Å². The summed E-state index contributed by atoms with van der Waals surface area (Å²) in [4.78, 5) is 14.6. The van der Waals surface area contributed by atoms with Crippen molar-refractivity contribution in [3.05, 3.63) is 35.7 Å². The molecular weight excluding hydrogens is 162 g/mol. The maximum absolute atomic E-state index is 10.3. The molecule has 0 aromatic carbocycles. The van der Waals surface area contributed by atoms with E-state index in [1.165, 1.54) is 6.08 Å². The fraction of sp³-hybridized carbons (Fsp3) is 0.364. The van der Waals surface area contributed by atoms with Gasteiger partial charge in [-0.3, -0.25) is 4.98 Å². The molecule has 1 aromatic rings. The fourth-order valence-electron chi connectivity index (χ4n) is 1.12. The molecule has 1 heterocycles. The van der Waals surface area contributed by atoms with E-state index in [1.54, 1.807) is 0 Å². The Balaban J connectivity index is 3.13. The van der Waals surface area contributed by atoms with Crippen LogP contribution in [-0.2, 0) is 10.2 Å². The molecule has 0 N–H and O–H groups in total. The summed E-state index contributed by atoms with van der Waals surface area (Å²) in [6, 6.07) is 5.79. The molecule has 0 aliphatic carbocycles. The third kappa shape index (κ3) is 2.27. The molecule has 0 bridgehead atoms. The van der Waals surface area contributed by atoms with Gasteiger partial charge in [-0.25, -0.2) is 4.79 Å². The summed E-state index contributed by atoms with van der Waals surface area (Å²) in [7, 11) is 0. The van der Waals surface area contributed by atoms with Crippen LogP contribution in [-0.4, -0.2) is 10.9 Å². The molecule has 1 rings (SSSR count). The highest BCUT2D eigenvalue weighted by Gasteiger charge is 2.18. The van der Waals surface area contributed by atoms with Gasteiger partial charge in [-0.2, -0.15) is 0 Å². The summed E-state index contributed by atoms with van der Waals surface area (Å²) < 4.78 is 0. The highest BCUT2D eigenvalue weighted by molar-refractivity contribution is 5.50. The summed E-state index contributed by atoms with van der Waals surface area (Å²) in [5, 5.41) is 0. The molecule has 0 fully saturated rings. The van der Waals surface area contributed by atoms with Gasteiger partial charge in [0, 0.05) is 17.2 Å². The van der Waals surface area contributed by atoms with E-state index in [4.69, 9.17) is 0 Å². The van der Waals surface area contributed by atoms with E-state index in [0.717, 1.165) is 11.4 Å². The highest BCUT2D eigenvalue weighted by Crippen LogP contribution is 2.21. The van der Waals surface area contributed by atoms with E-state index < -0.39 is 0 Å². The lowest BCUT2D eigenvalue weighted by Crippen LogP contribution is -2.16. The maximum Gasteiger partial charge on any atom is 0.121 e. The number of hydrogen-bond donors (Lipinski definition) is 0. The fourth-order valence-corrected chi connectivity index (χ4v) is 1.12. The van der Waals surface area contributed by atoms with Crippen LogP contribution in [0.5, 0.6) is 0 Å². The number of aryl methyl sites for hydroxylation is 1. The molecule has 0 aliphatic rings. The maximum atomic E-state index is 10.3. The Morgan fingerprint density at radius 2 is 2.15 bits per heavy atom. The lowest BCUT2D eigenvalue weighted by molar-refractivity contribution is 0.561. The van der Waals surface area contributed by atoms with Crippen LogP contribution in [0.1, 0.15) is 25.2 Å². The highest BCUT2D eigenvalue weighted by atomic mass is 16.1. The summed E-state index contributed by atoms with van der Waals surface area (Å²) in [6.07, 6.45) is 1.49. The van der Waals surface area contributed by atoms with Crippen LogP contribution in [0.2, 0.25) is 0 Å². The Morgan fingerprint density at radius 3 is 2.69 bits per heavy atom. The van der Waals surface area contributed by atoms with Crippen LogP contribution in [0.25, 0.3) is 0 Å². The van der Waals surface area contributed by atoms with Crippen molar-refractivity contribution in [1.82, 2.24) is 4.98 Å². The van der Waals surface area contributed by atoms with Crippen LogP contribution < -0.4 is 0 Å². The molecule has 0 radical (unpaired) electrons. The summed E-state index contributed by atoms with van der Waals surface area (Å²) in [5.41, 5.74) is 1.54. The third-order valence-electron chi connectivity index (χ3n) is 1.97. The molecule has 0 saturated carbocycles. The van der Waals surface area contributed by atoms with Gasteiger partial charge in [0.2, 0.25) is 0 Å². The standard InChI is InChI=1S/C11H13NO/c1-9-5-4-6-10(12-9)11(2,3)7-8-13/h4-7H,1-3H3. The predicted molar refractivity (Wildman–Crippen MR) is 52.3 cm³/mol. The molecule has 0 aliphatic heterocycles. The number of pyridine rings is 1. The zero-order chi connectivity index (χ0) is 9.90. The van der Waals surface area contributed by atoms with Gasteiger partial charge in [-0.05, 0) is 19.1 Å². The Labute approximate surface area is 78.3 Å². The molecule has 0 amide bonds. The number of rotatable bonds is 2. The lowest BCUT2D eigenvalue weighted by atomic mass is 9.89. The monoisotopic (exact) mass is 175 g/mol. The van der Waals surface area contributed by atoms with E-state index in [-0.39, 0.29) is 5.41 Å². The molecule has 13 heavy (non-hydrogen) atoms. The molecule has 2 heteroatoms. The van der Waals surface area contributed by atoms with Gasteiger partial charge in [0.25, 0.3) is 0 Å². The average Bonchev–Trinajstić information content (AvgIpc) is 2.04. The van der Waals surface area contributed by atoms with Crippen LogP contribution in [0.15, 0.2) is 24.3 Å². The minimum Gasteiger partial charge on any atom is -0.257 e. The Hall–Kier alpha value is -1.40. The molecule has 0 atom stereocenters. The Kier molecular flexibility index (Phi) is 2.64. The van der Waals surface area contributed by atoms with Crippen molar-refractivity contribution < 1.29 is 4.79 Å². The molecule has 0 saturated heterocycles. The summed E-state index contributed by atoms with van der Waals surface area (Å²) >= 11 is 0. The van der Waals surface area contributed by atoms with Crippen molar-refractivity contribution in [2.45, 2.75) is 26.2 Å². The van der Waals surface area contributed by atoms with Crippen molar-refractivity contribution in [3.63, 3.8) is 0 Å². The van der Waals surface area contributed by atoms with Crippen molar-refractivity contribution >= 4 is 5.94 Å². The first-order chi connectivity index (χ1) is 6.06. The number of hydrogen-bond acceptors (Lipinski definition) is 2. The van der Waals surface area contributed by atoms with Gasteiger partial charge in [-0.15, -0.1) is 0 Å². The van der Waals surface area contributed by atoms with Gasteiger partial charge < -0.3 is 0 Å². The Morgan fingerprint density at radius 1 is 1.46 bits per heavy atom. The minimum absolute atomic E-state index is 0.326. The molecule has 0 unspecified atom stereocenters. The van der Waals surface area contributed by atoms with Gasteiger partial charge in [0.15, 0.2) is 0 Å². The SMILES string of the molecule is Cc1cccc(C(C)(C)C=C=O)n1. The number of allylic oxidation sites excluding steroid dienone is 1. The quantitative estimate of drug-likeness (QED) is 0.644. The second-order valence-corrected chi connectivity index (χ2v) is 3.65. The van der Waals surface area contributed by atoms with Crippen molar-refractivity contribution in [1.29, 1.82) is 0 Å². The third-order valence-corrected chi connectivity index (χ3v) is 1.97. The van der Waals surface area contributed by atoms with Crippen molar-refractivity contribution in [3.8, 4) is 0 Å². The minimum atomic E-state index is -0.326. The Bertz CT molecular complexity index is 349. The first-order valence-corrected chi connectivity index (χ1v) is 4.22. The first kappa shape index (κ1) is 9.69. The number of carbonyl (C=O) groups excluding carboxylic acids is 1. The van der Waals surface area contributed by atoms with Crippen LogP contribution in [0.4, 0.5) is 0 Å². The van der Waals surface area contributed by atoms with Gasteiger partial charge in [0.05, 0.1) is 5.69 Å². The largest absolute Gasteiger partial charge is 0.257 e. The molecule has 68 valence electrons. The normalized spacial score (nSPS) is 10.7. The zero-order valence-corrected chi connectivity index (χ0v) is 8.16. The molecule has 1 aromatic heterocycles. The number of nitrogens with zero attached hydrogens (tertiary/aromatic N) is 1. The van der Waals surface area contributed by atoms with Gasteiger partial charge in [-0.1, -0.05) is 19.9 Å². The second kappa shape index (κ2) is 3.55. The van der Waals surface area contributed by atoms with Crippen LogP contribution in [0, 0.1) is 6.92 Å². The average molecular weight is 175 g/mol. The van der Waals surface area contributed by atoms with E-state index in [1.807, 2.05) is 44.9 Å². The van der Waals surface area contributed by atoms with Gasteiger partial charge in [0.1, 0.15) is 5.94 Å². The van der Waals surface area contributed by atoms with E-state index in [2.05, 4.69) is 4.98 Å². The van der Waals surface area contributed by atoms with Crippen LogP contribution in [0.3, 0.4) is 0 Å². The van der Waals surface area contributed by atoms with E-state index in [9.17, 15) is 4.79 Å². The zero-order valence-electron chi connectivity index (χ0n) is 8.16. The predicted octanol–water partition coefficient (Wildman–Crippen LogP) is 2.06. The summed E-state index contributed by atoms with van der Waals surface area (Å²) in [5.74, 6) is 1.81. The number of aromatic nitrogens is 1. The first-order valence-electron chi connectivity index (χ1n) is 4.22. The molecule has 0 spiro atoms. The second-order valence-electron chi connectivity index (χ2n) is 3.65. The van der Waals surface area contributed by atoms with E-state index >= 15 is 0 Å². The van der Waals surface area contributed by atoms with Crippen molar-refractivity contribution in [2.75, 3.05) is 0 Å². The topological polar surface area (TPSA) is 30.0 Å². The molecular formula is C11H13NO. The van der Waals surface area contributed by atoms with Gasteiger partial charge >= 0.3 is 0 Å². The summed E-state index contributed by atoms with van der Waals surface area (Å²) in [6.45, 7) is 5.82. The van der Waals surface area contributed by atoms with Crippen LogP contribution >= 0.6 is 0 Å². The molecule has 2 nitrogen and oxygen atoms in total. The smallest absolute Gasteiger partial charge is 0.121 e. The lowest BCUT2D eigenvalue weighted by Gasteiger charge is -2.17. The van der Waals surface area contributed by atoms with E-state index in [0.29, 0.717) is 0 Å².